The van der Waals surface area contributed by atoms with E-state index < -0.39 is 16.1 Å². The SMILES string of the molecule is CC(C)[C@@H](N=C1NS(=O)(=O)c2ccccc21)C(=O)NCc1ccccc1. The maximum atomic E-state index is 12.6. The summed E-state index contributed by atoms with van der Waals surface area (Å²) in [7, 11) is -3.62. The molecule has 1 heterocycles. The second-order valence-electron chi connectivity index (χ2n) is 6.47. The maximum Gasteiger partial charge on any atom is 0.263 e. The number of hydrogen-bond donors (Lipinski definition) is 2. The van der Waals surface area contributed by atoms with Crippen molar-refractivity contribution in [2.45, 2.75) is 31.3 Å². The smallest absolute Gasteiger partial charge is 0.263 e. The lowest BCUT2D eigenvalue weighted by Gasteiger charge is -2.17. The van der Waals surface area contributed by atoms with E-state index in [0.29, 0.717) is 12.1 Å². The molecule has 0 aliphatic carbocycles. The van der Waals surface area contributed by atoms with Crippen molar-refractivity contribution in [3.05, 3.63) is 65.7 Å². The Labute approximate surface area is 153 Å². The normalized spacial score (nSPS) is 17.6. The highest BCUT2D eigenvalue weighted by atomic mass is 32.2. The molecule has 0 spiro atoms. The number of nitrogens with one attached hydrogen (secondary N) is 2. The molecule has 0 radical (unpaired) electrons. The van der Waals surface area contributed by atoms with Gasteiger partial charge in [-0.25, -0.2) is 8.42 Å². The topological polar surface area (TPSA) is 87.6 Å². The van der Waals surface area contributed by atoms with E-state index in [9.17, 15) is 13.2 Å². The van der Waals surface area contributed by atoms with Crippen LogP contribution in [0.1, 0.15) is 25.0 Å². The molecule has 1 amide bonds. The first kappa shape index (κ1) is 18.1. The van der Waals surface area contributed by atoms with Gasteiger partial charge in [-0.3, -0.25) is 14.5 Å². The second kappa shape index (κ2) is 7.29. The largest absolute Gasteiger partial charge is 0.350 e. The summed E-state index contributed by atoms with van der Waals surface area (Å²) in [5.74, 6) is -0.107. The van der Waals surface area contributed by atoms with Gasteiger partial charge in [0.25, 0.3) is 10.0 Å². The Kier molecular flexibility index (Phi) is 5.08. The van der Waals surface area contributed by atoms with Crippen LogP contribution in [0, 0.1) is 5.92 Å². The fraction of sp³-hybridized carbons (Fsp3) is 0.263. The summed E-state index contributed by atoms with van der Waals surface area (Å²) in [6.45, 7) is 4.16. The average Bonchev–Trinajstić information content (AvgIpc) is 2.89. The first-order valence-electron chi connectivity index (χ1n) is 8.40. The van der Waals surface area contributed by atoms with Crippen molar-refractivity contribution in [1.82, 2.24) is 10.0 Å². The lowest BCUT2D eigenvalue weighted by atomic mass is 10.0. The van der Waals surface area contributed by atoms with E-state index in [0.717, 1.165) is 5.56 Å². The molecule has 1 aliphatic rings. The molecular weight excluding hydrogens is 350 g/mol. The number of amides is 1. The van der Waals surface area contributed by atoms with Crippen LogP contribution in [0.3, 0.4) is 0 Å². The lowest BCUT2D eigenvalue weighted by Crippen LogP contribution is -2.38. The summed E-state index contributed by atoms with van der Waals surface area (Å²) >= 11 is 0. The zero-order chi connectivity index (χ0) is 18.7. The molecule has 1 aliphatic heterocycles. The number of carbonyl (C=O) groups is 1. The number of nitrogens with zero attached hydrogens (tertiary/aromatic N) is 1. The third-order valence-electron chi connectivity index (χ3n) is 4.14. The predicted molar refractivity (Wildman–Crippen MR) is 100 cm³/mol. The van der Waals surface area contributed by atoms with Gasteiger partial charge in [0, 0.05) is 12.1 Å². The van der Waals surface area contributed by atoms with Crippen molar-refractivity contribution in [3.63, 3.8) is 0 Å². The molecule has 0 bridgehead atoms. The van der Waals surface area contributed by atoms with Crippen LogP contribution >= 0.6 is 0 Å². The molecule has 6 nitrogen and oxygen atoms in total. The molecular formula is C19H21N3O3S. The highest BCUT2D eigenvalue weighted by Gasteiger charge is 2.32. The number of sulfonamides is 1. The molecule has 7 heteroatoms. The molecule has 2 aromatic rings. The van der Waals surface area contributed by atoms with Crippen molar-refractivity contribution in [2.75, 3.05) is 0 Å². The highest BCUT2D eigenvalue weighted by molar-refractivity contribution is 7.90. The van der Waals surface area contributed by atoms with Crippen LogP contribution in [0.15, 0.2) is 64.5 Å². The molecule has 0 saturated carbocycles. The van der Waals surface area contributed by atoms with Crippen molar-refractivity contribution >= 4 is 21.8 Å². The van der Waals surface area contributed by atoms with E-state index in [1.165, 1.54) is 6.07 Å². The van der Waals surface area contributed by atoms with E-state index >= 15 is 0 Å². The molecule has 1 atom stereocenters. The Hall–Kier alpha value is -2.67. The van der Waals surface area contributed by atoms with Gasteiger partial charge in [-0.05, 0) is 23.6 Å². The van der Waals surface area contributed by atoms with Crippen LogP contribution in [-0.4, -0.2) is 26.2 Å². The number of benzene rings is 2. The predicted octanol–water partition coefficient (Wildman–Crippen LogP) is 2.07. The third-order valence-corrected chi connectivity index (χ3v) is 5.54. The summed E-state index contributed by atoms with van der Waals surface area (Å²) in [5.41, 5.74) is 1.48. The highest BCUT2D eigenvalue weighted by Crippen LogP contribution is 2.23. The number of amidine groups is 1. The molecule has 2 N–H and O–H groups in total. The number of aliphatic imine (C=N–C) groups is 1. The van der Waals surface area contributed by atoms with Crippen LogP contribution in [-0.2, 0) is 21.4 Å². The molecule has 0 aromatic heterocycles. The molecule has 2 aromatic carbocycles. The molecule has 0 fully saturated rings. The quantitative estimate of drug-likeness (QED) is 0.843. The zero-order valence-corrected chi connectivity index (χ0v) is 15.5. The minimum Gasteiger partial charge on any atom is -0.350 e. The van der Waals surface area contributed by atoms with Gasteiger partial charge in [-0.1, -0.05) is 56.3 Å². The summed E-state index contributed by atoms with van der Waals surface area (Å²) < 4.78 is 26.9. The Bertz CT molecular complexity index is 938. The van der Waals surface area contributed by atoms with Gasteiger partial charge in [0.05, 0.1) is 4.90 Å². The van der Waals surface area contributed by atoms with Crippen molar-refractivity contribution in [2.24, 2.45) is 10.9 Å². The molecule has 3 rings (SSSR count). The third kappa shape index (κ3) is 3.77. The maximum absolute atomic E-state index is 12.6. The van der Waals surface area contributed by atoms with Crippen molar-refractivity contribution in [1.29, 1.82) is 0 Å². The van der Waals surface area contributed by atoms with E-state index in [-0.39, 0.29) is 22.6 Å². The minimum atomic E-state index is -3.62. The number of hydrogen-bond acceptors (Lipinski definition) is 4. The summed E-state index contributed by atoms with van der Waals surface area (Å²) in [5, 5.41) is 2.88. The minimum absolute atomic E-state index is 0.0875. The van der Waals surface area contributed by atoms with E-state index in [1.54, 1.807) is 18.2 Å². The first-order valence-corrected chi connectivity index (χ1v) is 9.88. The second-order valence-corrected chi connectivity index (χ2v) is 8.12. The Morgan fingerprint density at radius 3 is 2.42 bits per heavy atom. The van der Waals surface area contributed by atoms with Crippen LogP contribution < -0.4 is 10.0 Å². The zero-order valence-electron chi connectivity index (χ0n) is 14.6. The van der Waals surface area contributed by atoms with Gasteiger partial charge in [0.15, 0.2) is 0 Å². The Morgan fingerprint density at radius 2 is 1.73 bits per heavy atom. The van der Waals surface area contributed by atoms with Gasteiger partial charge in [0.1, 0.15) is 11.9 Å². The monoisotopic (exact) mass is 371 g/mol. The molecule has 136 valence electrons. The van der Waals surface area contributed by atoms with Gasteiger partial charge in [-0.15, -0.1) is 0 Å². The van der Waals surface area contributed by atoms with Gasteiger partial charge < -0.3 is 5.32 Å². The fourth-order valence-corrected chi connectivity index (χ4v) is 4.01. The first-order chi connectivity index (χ1) is 12.4. The molecule has 26 heavy (non-hydrogen) atoms. The van der Waals surface area contributed by atoms with E-state index in [4.69, 9.17) is 0 Å². The van der Waals surface area contributed by atoms with Crippen LogP contribution in [0.25, 0.3) is 0 Å². The van der Waals surface area contributed by atoms with Gasteiger partial charge in [0.2, 0.25) is 5.91 Å². The number of carbonyl (C=O) groups excluding carboxylic acids is 1. The van der Waals surface area contributed by atoms with Crippen molar-refractivity contribution in [3.8, 4) is 0 Å². The average molecular weight is 371 g/mol. The number of rotatable bonds is 5. The Morgan fingerprint density at radius 1 is 1.08 bits per heavy atom. The summed E-state index contributed by atoms with van der Waals surface area (Å²) in [4.78, 5) is 17.2. The lowest BCUT2D eigenvalue weighted by molar-refractivity contribution is -0.123. The molecule has 0 unspecified atom stereocenters. The van der Waals surface area contributed by atoms with Gasteiger partial charge >= 0.3 is 0 Å². The fourth-order valence-electron chi connectivity index (χ4n) is 2.77. The molecule has 0 saturated heterocycles. The van der Waals surface area contributed by atoms with Crippen LogP contribution in [0.5, 0.6) is 0 Å². The standard InChI is InChI=1S/C19H21N3O3S/c1-13(2)17(19(23)20-12-14-8-4-3-5-9-14)21-18-15-10-6-7-11-16(15)26(24,25)22-18/h3-11,13,17H,12H2,1-2H3,(H,20,23)(H,21,22)/t17-/m1/s1. The van der Waals surface area contributed by atoms with Crippen LogP contribution in [0.2, 0.25) is 0 Å². The van der Waals surface area contributed by atoms with E-state index in [1.807, 2.05) is 44.2 Å². The summed E-state index contributed by atoms with van der Waals surface area (Å²) in [6, 6.07) is 15.5. The summed E-state index contributed by atoms with van der Waals surface area (Å²) in [6.07, 6.45) is 0. The van der Waals surface area contributed by atoms with Crippen LogP contribution in [0.4, 0.5) is 0 Å². The Balaban J connectivity index is 1.83. The van der Waals surface area contributed by atoms with E-state index in [2.05, 4.69) is 15.0 Å². The van der Waals surface area contributed by atoms with Crippen molar-refractivity contribution < 1.29 is 13.2 Å². The van der Waals surface area contributed by atoms with Gasteiger partial charge in [-0.2, -0.15) is 0 Å². The number of fused-ring (bicyclic) bond motifs is 1.